The molecular formula is C26H35N3O4S. The number of rotatable bonds is 12. The van der Waals surface area contributed by atoms with Crippen LogP contribution >= 0.6 is 11.8 Å². The number of likely N-dealkylation sites (tertiary alicyclic amines) is 1. The Morgan fingerprint density at radius 3 is 2.32 bits per heavy atom. The average molecular weight is 486 g/mol. The van der Waals surface area contributed by atoms with Gasteiger partial charge in [-0.05, 0) is 62.6 Å². The molecule has 34 heavy (non-hydrogen) atoms. The van der Waals surface area contributed by atoms with E-state index in [-0.39, 0.29) is 17.9 Å². The van der Waals surface area contributed by atoms with Crippen LogP contribution in [0.5, 0.6) is 11.5 Å². The number of carbonyl (C=O) groups excluding carboxylic acids is 2. The molecule has 1 aliphatic rings. The molecule has 2 atom stereocenters. The Hall–Kier alpha value is -2.71. The number of amides is 2. The maximum absolute atomic E-state index is 13.3. The van der Waals surface area contributed by atoms with Gasteiger partial charge in [0.05, 0.1) is 25.8 Å². The maximum Gasteiger partial charge on any atom is 0.255 e. The molecule has 7 nitrogen and oxygen atoms in total. The van der Waals surface area contributed by atoms with E-state index in [1.807, 2.05) is 30.5 Å². The molecule has 2 aromatic carbocycles. The zero-order valence-electron chi connectivity index (χ0n) is 20.2. The average Bonchev–Trinajstić information content (AvgIpc) is 3.41. The second-order valence-corrected chi connectivity index (χ2v) is 9.24. The fourth-order valence-corrected chi connectivity index (χ4v) is 4.80. The van der Waals surface area contributed by atoms with Gasteiger partial charge in [-0.3, -0.25) is 14.5 Å². The van der Waals surface area contributed by atoms with Crippen LogP contribution in [0.1, 0.15) is 41.2 Å². The smallest absolute Gasteiger partial charge is 0.255 e. The van der Waals surface area contributed by atoms with E-state index in [2.05, 4.69) is 21.6 Å². The van der Waals surface area contributed by atoms with Gasteiger partial charge in [0.1, 0.15) is 17.5 Å². The van der Waals surface area contributed by atoms with Gasteiger partial charge < -0.3 is 20.1 Å². The molecule has 0 aromatic heterocycles. The highest BCUT2D eigenvalue weighted by Gasteiger charge is 2.28. The summed E-state index contributed by atoms with van der Waals surface area (Å²) in [5, 5.41) is 6.03. The molecule has 8 heteroatoms. The van der Waals surface area contributed by atoms with Crippen LogP contribution in [-0.4, -0.2) is 68.6 Å². The minimum atomic E-state index is -0.637. The van der Waals surface area contributed by atoms with Gasteiger partial charge >= 0.3 is 0 Å². The Labute approximate surface area is 206 Å². The van der Waals surface area contributed by atoms with Gasteiger partial charge in [0.25, 0.3) is 5.91 Å². The molecule has 0 unspecified atom stereocenters. The Morgan fingerprint density at radius 2 is 1.65 bits per heavy atom. The summed E-state index contributed by atoms with van der Waals surface area (Å²) in [5.74, 6) is 1.55. The zero-order chi connectivity index (χ0) is 24.3. The number of methoxy groups -OCH3 is 2. The number of thioether (sulfide) groups is 1. The zero-order valence-corrected chi connectivity index (χ0v) is 21.0. The van der Waals surface area contributed by atoms with Crippen LogP contribution in [0.3, 0.4) is 0 Å². The lowest BCUT2D eigenvalue weighted by molar-refractivity contribution is -0.123. The second-order valence-electron chi connectivity index (χ2n) is 8.25. The first-order valence-electron chi connectivity index (χ1n) is 11.7. The van der Waals surface area contributed by atoms with Gasteiger partial charge in [0, 0.05) is 12.1 Å². The lowest BCUT2D eigenvalue weighted by Gasteiger charge is -2.30. The number of para-hydroxylation sites is 2. The number of hydrogen-bond donors (Lipinski definition) is 2. The number of benzene rings is 2. The van der Waals surface area contributed by atoms with Crippen molar-refractivity contribution in [3.8, 4) is 11.5 Å². The normalized spacial score (nSPS) is 15.4. The third kappa shape index (κ3) is 6.67. The van der Waals surface area contributed by atoms with Gasteiger partial charge in [-0.15, -0.1) is 0 Å². The minimum Gasteiger partial charge on any atom is -0.496 e. The molecule has 184 valence electrons. The van der Waals surface area contributed by atoms with Crippen LogP contribution < -0.4 is 20.1 Å². The molecule has 2 N–H and O–H groups in total. The molecule has 0 bridgehead atoms. The highest BCUT2D eigenvalue weighted by atomic mass is 32.2. The van der Waals surface area contributed by atoms with Gasteiger partial charge in [0.2, 0.25) is 5.91 Å². The summed E-state index contributed by atoms with van der Waals surface area (Å²) < 4.78 is 10.9. The van der Waals surface area contributed by atoms with Crippen molar-refractivity contribution in [3.05, 3.63) is 59.7 Å². The van der Waals surface area contributed by atoms with E-state index in [0.717, 1.165) is 43.0 Å². The first-order chi connectivity index (χ1) is 16.6. The molecule has 0 aliphatic carbocycles. The first kappa shape index (κ1) is 25.9. The number of ether oxygens (including phenoxy) is 2. The quantitative estimate of drug-likeness (QED) is 0.479. The van der Waals surface area contributed by atoms with Crippen LogP contribution in [0.15, 0.2) is 48.5 Å². The molecular weight excluding hydrogens is 450 g/mol. The van der Waals surface area contributed by atoms with Crippen LogP contribution in [0.25, 0.3) is 0 Å². The SMILES string of the molecule is COc1ccccc1C(=O)N[C@@H](CCSC)C(=O)NC[C@H](c1ccccc1OC)N1CCCC1. The fourth-order valence-electron chi connectivity index (χ4n) is 4.32. The van der Waals surface area contributed by atoms with E-state index < -0.39 is 6.04 Å². The molecule has 0 spiro atoms. The Kier molecular flexibility index (Phi) is 10.1. The first-order valence-corrected chi connectivity index (χ1v) is 13.1. The number of nitrogens with one attached hydrogen (secondary N) is 2. The number of carbonyl (C=O) groups is 2. The molecule has 1 heterocycles. The predicted molar refractivity (Wildman–Crippen MR) is 137 cm³/mol. The minimum absolute atomic E-state index is 0.00807. The van der Waals surface area contributed by atoms with Crippen molar-refractivity contribution in [2.24, 2.45) is 0 Å². The van der Waals surface area contributed by atoms with Crippen molar-refractivity contribution in [1.29, 1.82) is 0 Å². The van der Waals surface area contributed by atoms with Crippen LogP contribution in [0, 0.1) is 0 Å². The molecule has 0 radical (unpaired) electrons. The van der Waals surface area contributed by atoms with E-state index >= 15 is 0 Å². The van der Waals surface area contributed by atoms with Crippen LogP contribution in [0.4, 0.5) is 0 Å². The van der Waals surface area contributed by atoms with Crippen molar-refractivity contribution in [1.82, 2.24) is 15.5 Å². The highest BCUT2D eigenvalue weighted by Crippen LogP contribution is 2.31. The molecule has 1 aliphatic heterocycles. The van der Waals surface area contributed by atoms with Crippen molar-refractivity contribution in [2.45, 2.75) is 31.3 Å². The topological polar surface area (TPSA) is 79.9 Å². The summed E-state index contributed by atoms with van der Waals surface area (Å²) in [6.45, 7) is 2.41. The third-order valence-corrected chi connectivity index (χ3v) is 6.78. The largest absolute Gasteiger partial charge is 0.496 e. The second kappa shape index (κ2) is 13.2. The Bertz CT molecular complexity index is 949. The summed E-state index contributed by atoms with van der Waals surface area (Å²) in [5.41, 5.74) is 1.47. The lowest BCUT2D eigenvalue weighted by Crippen LogP contribution is -2.49. The van der Waals surface area contributed by atoms with E-state index in [1.54, 1.807) is 37.1 Å². The predicted octanol–water partition coefficient (Wildman–Crippen LogP) is 3.51. The molecule has 2 amide bonds. The Balaban J connectivity index is 1.73. The molecule has 2 aromatic rings. The summed E-state index contributed by atoms with van der Waals surface area (Å²) in [7, 11) is 3.20. The van der Waals surface area contributed by atoms with E-state index in [0.29, 0.717) is 24.3 Å². The van der Waals surface area contributed by atoms with E-state index in [9.17, 15) is 9.59 Å². The van der Waals surface area contributed by atoms with E-state index in [4.69, 9.17) is 9.47 Å². The van der Waals surface area contributed by atoms with Gasteiger partial charge in [-0.1, -0.05) is 30.3 Å². The molecule has 3 rings (SSSR count). The van der Waals surface area contributed by atoms with Crippen molar-refractivity contribution in [2.75, 3.05) is 45.9 Å². The van der Waals surface area contributed by atoms with E-state index in [1.165, 1.54) is 7.11 Å². The third-order valence-electron chi connectivity index (χ3n) is 6.13. The standard InChI is InChI=1S/C26H35N3O4S/c1-32-23-12-6-4-10-19(23)22(29-15-8-9-16-29)18-27-26(31)21(14-17-34-3)28-25(30)20-11-5-7-13-24(20)33-2/h4-7,10-13,21-22H,8-9,14-18H2,1-3H3,(H,27,31)(H,28,30)/t21-,22+/m0/s1. The monoisotopic (exact) mass is 485 g/mol. The summed E-state index contributed by atoms with van der Waals surface area (Å²) >= 11 is 1.64. The van der Waals surface area contributed by atoms with Gasteiger partial charge in [-0.25, -0.2) is 0 Å². The molecule has 1 fully saturated rings. The van der Waals surface area contributed by atoms with Crippen LogP contribution in [-0.2, 0) is 4.79 Å². The number of hydrogen-bond acceptors (Lipinski definition) is 6. The fraction of sp³-hybridized carbons (Fsp3) is 0.462. The Morgan fingerprint density at radius 1 is 1.00 bits per heavy atom. The maximum atomic E-state index is 13.3. The lowest BCUT2D eigenvalue weighted by atomic mass is 10.0. The number of nitrogens with zero attached hydrogens (tertiary/aromatic N) is 1. The van der Waals surface area contributed by atoms with Gasteiger partial charge in [-0.2, -0.15) is 11.8 Å². The van der Waals surface area contributed by atoms with Crippen molar-refractivity contribution >= 4 is 23.6 Å². The van der Waals surface area contributed by atoms with Crippen LogP contribution in [0.2, 0.25) is 0 Å². The summed E-state index contributed by atoms with van der Waals surface area (Å²) in [6.07, 6.45) is 4.81. The molecule has 0 saturated carbocycles. The summed E-state index contributed by atoms with van der Waals surface area (Å²) in [6, 6.07) is 14.4. The summed E-state index contributed by atoms with van der Waals surface area (Å²) in [4.78, 5) is 28.6. The van der Waals surface area contributed by atoms with Crippen molar-refractivity contribution in [3.63, 3.8) is 0 Å². The van der Waals surface area contributed by atoms with Crippen molar-refractivity contribution < 1.29 is 19.1 Å². The van der Waals surface area contributed by atoms with Gasteiger partial charge in [0.15, 0.2) is 0 Å². The molecule has 1 saturated heterocycles. The highest BCUT2D eigenvalue weighted by molar-refractivity contribution is 7.98.